The van der Waals surface area contributed by atoms with Gasteiger partial charge in [-0.15, -0.1) is 12.4 Å². The Bertz CT molecular complexity index is 1110. The number of nitrogens with one attached hydrogen (secondary N) is 1. The van der Waals surface area contributed by atoms with Crippen LogP contribution in [-0.2, 0) is 21.4 Å². The molecule has 208 valence electrons. The first kappa shape index (κ1) is 28.9. The monoisotopic (exact) mass is 545 g/mol. The lowest BCUT2D eigenvalue weighted by atomic mass is 9.91. The molecule has 9 heteroatoms. The Morgan fingerprint density at radius 1 is 1.18 bits per heavy atom. The Balaban J connectivity index is 0.00000336. The maximum absolute atomic E-state index is 13.8. The van der Waals surface area contributed by atoms with E-state index in [9.17, 15) is 9.18 Å². The van der Waals surface area contributed by atoms with Gasteiger partial charge in [0.15, 0.2) is 0 Å². The van der Waals surface area contributed by atoms with Crippen molar-refractivity contribution in [2.45, 2.75) is 57.7 Å². The molecule has 3 aliphatic rings. The van der Waals surface area contributed by atoms with E-state index in [0.717, 1.165) is 61.9 Å². The number of piperazine rings is 1. The van der Waals surface area contributed by atoms with E-state index in [4.69, 9.17) is 9.72 Å². The number of morpholine rings is 1. The van der Waals surface area contributed by atoms with Crippen LogP contribution in [0.2, 0.25) is 0 Å². The van der Waals surface area contributed by atoms with Crippen molar-refractivity contribution in [2.24, 2.45) is 0 Å². The summed E-state index contributed by atoms with van der Waals surface area (Å²) >= 11 is 0. The Morgan fingerprint density at radius 2 is 1.95 bits per heavy atom. The number of rotatable bonds is 6. The van der Waals surface area contributed by atoms with Crippen molar-refractivity contribution in [3.05, 3.63) is 59.2 Å². The molecule has 0 bridgehead atoms. The van der Waals surface area contributed by atoms with Crippen molar-refractivity contribution < 1.29 is 13.9 Å². The fourth-order valence-corrected chi connectivity index (χ4v) is 5.90. The molecule has 0 radical (unpaired) electrons. The van der Waals surface area contributed by atoms with E-state index in [1.54, 1.807) is 12.1 Å². The van der Waals surface area contributed by atoms with Crippen molar-refractivity contribution in [1.82, 2.24) is 20.1 Å². The highest BCUT2D eigenvalue weighted by molar-refractivity contribution is 5.97. The molecular weight excluding hydrogens is 505 g/mol. The molecule has 4 heterocycles. The molecule has 0 saturated carbocycles. The number of carbonyl (C=O) groups is 1. The normalized spacial score (nSPS) is 25.6. The van der Waals surface area contributed by atoms with E-state index in [0.29, 0.717) is 31.6 Å². The van der Waals surface area contributed by atoms with Gasteiger partial charge in [0.05, 0.1) is 31.1 Å². The van der Waals surface area contributed by atoms with Crippen LogP contribution in [0.3, 0.4) is 0 Å². The first-order chi connectivity index (χ1) is 17.7. The molecule has 2 saturated heterocycles. The Hall–Kier alpha value is -2.10. The number of pyridine rings is 1. The number of carbonyl (C=O) groups excluding carboxylic acids is 1. The second-order valence-electron chi connectivity index (χ2n) is 11.7. The van der Waals surface area contributed by atoms with Crippen LogP contribution in [-0.4, -0.2) is 91.3 Å². The number of benzene rings is 1. The van der Waals surface area contributed by atoms with Gasteiger partial charge in [0.2, 0.25) is 5.91 Å². The smallest absolute Gasteiger partial charge is 0.241 e. The number of fused-ring (bicyclic) bond motifs is 1. The minimum Gasteiger partial charge on any atom is -0.379 e. The summed E-state index contributed by atoms with van der Waals surface area (Å²) in [5.74, 6) is -0.111. The number of aromatic nitrogens is 1. The van der Waals surface area contributed by atoms with Crippen LogP contribution in [0.5, 0.6) is 0 Å². The van der Waals surface area contributed by atoms with E-state index < -0.39 is 0 Å². The van der Waals surface area contributed by atoms with Gasteiger partial charge in [-0.05, 0) is 49.6 Å². The summed E-state index contributed by atoms with van der Waals surface area (Å²) in [5.41, 5.74) is 3.72. The Labute approximate surface area is 232 Å². The maximum atomic E-state index is 13.8. The van der Waals surface area contributed by atoms with Gasteiger partial charge in [-0.3, -0.25) is 19.6 Å². The molecule has 2 fully saturated rings. The summed E-state index contributed by atoms with van der Waals surface area (Å²) < 4.78 is 19.0. The van der Waals surface area contributed by atoms with Crippen molar-refractivity contribution in [3.8, 4) is 0 Å². The molecule has 1 aromatic carbocycles. The second-order valence-corrected chi connectivity index (χ2v) is 11.7. The van der Waals surface area contributed by atoms with Crippen LogP contribution in [0.4, 0.5) is 10.1 Å². The molecule has 38 heavy (non-hydrogen) atoms. The fraction of sp³-hybridized carbons (Fsp3) is 0.586. The number of anilines is 1. The topological polar surface area (TPSA) is 60.9 Å². The summed E-state index contributed by atoms with van der Waals surface area (Å²) in [4.78, 5) is 25.4. The van der Waals surface area contributed by atoms with Gasteiger partial charge in [0.25, 0.3) is 0 Å². The van der Waals surface area contributed by atoms with Crippen LogP contribution < -0.4 is 10.2 Å². The Morgan fingerprint density at radius 3 is 2.68 bits per heavy atom. The van der Waals surface area contributed by atoms with Crippen LogP contribution >= 0.6 is 12.4 Å². The highest BCUT2D eigenvalue weighted by atomic mass is 35.5. The summed E-state index contributed by atoms with van der Waals surface area (Å²) in [7, 11) is 0. The zero-order valence-corrected chi connectivity index (χ0v) is 23.8. The lowest BCUT2D eigenvalue weighted by Gasteiger charge is -2.43. The number of ether oxygens (including phenoxy) is 1. The molecule has 3 aliphatic heterocycles. The zero-order valence-electron chi connectivity index (χ0n) is 23.0. The molecule has 0 spiro atoms. The zero-order chi connectivity index (χ0) is 26.2. The number of hydrogen-bond acceptors (Lipinski definition) is 6. The molecule has 1 amide bonds. The number of halogens is 2. The predicted molar refractivity (Wildman–Crippen MR) is 151 cm³/mol. The predicted octanol–water partition coefficient (Wildman–Crippen LogP) is 3.24. The van der Waals surface area contributed by atoms with Crippen LogP contribution in [0.25, 0.3) is 0 Å². The largest absolute Gasteiger partial charge is 0.379 e. The van der Waals surface area contributed by atoms with E-state index in [1.165, 1.54) is 12.1 Å². The first-order valence-corrected chi connectivity index (χ1v) is 13.5. The minimum absolute atomic E-state index is 0. The minimum atomic E-state index is -0.238. The highest BCUT2D eigenvalue weighted by Gasteiger charge is 2.41. The van der Waals surface area contributed by atoms with Crippen molar-refractivity contribution >= 4 is 24.0 Å². The summed E-state index contributed by atoms with van der Waals surface area (Å²) in [6.45, 7) is 14.9. The molecule has 5 rings (SSSR count). The SMILES string of the molecule is C[C@@H]1CN(CC(=O)N2CC(C)(C)c3ncc(Cc4ccc(F)cc4)cc32)[C@@H](CN2CCOC[C@H]2C)CN1.Cl. The molecule has 0 unspecified atom stereocenters. The van der Waals surface area contributed by atoms with Gasteiger partial charge in [-0.25, -0.2) is 4.39 Å². The summed E-state index contributed by atoms with van der Waals surface area (Å²) in [6, 6.07) is 9.69. The van der Waals surface area contributed by atoms with E-state index in [-0.39, 0.29) is 35.6 Å². The molecule has 0 aliphatic carbocycles. The van der Waals surface area contributed by atoms with Crippen LogP contribution in [0, 0.1) is 5.82 Å². The molecule has 2 aromatic rings. The molecule has 1 N–H and O–H groups in total. The lowest BCUT2D eigenvalue weighted by molar-refractivity contribution is -0.121. The maximum Gasteiger partial charge on any atom is 0.241 e. The molecule has 7 nitrogen and oxygen atoms in total. The van der Waals surface area contributed by atoms with E-state index in [1.807, 2.05) is 11.1 Å². The summed E-state index contributed by atoms with van der Waals surface area (Å²) in [5, 5.41) is 3.61. The average Bonchev–Trinajstić information content (AvgIpc) is 3.14. The van der Waals surface area contributed by atoms with Crippen molar-refractivity contribution in [1.29, 1.82) is 0 Å². The number of hydrogen-bond donors (Lipinski definition) is 1. The van der Waals surface area contributed by atoms with Crippen LogP contribution in [0.1, 0.15) is 44.5 Å². The summed E-state index contributed by atoms with van der Waals surface area (Å²) in [6.07, 6.45) is 2.55. The van der Waals surface area contributed by atoms with Gasteiger partial charge >= 0.3 is 0 Å². The van der Waals surface area contributed by atoms with Crippen molar-refractivity contribution in [2.75, 3.05) is 57.4 Å². The standard InChI is InChI=1S/C29H40FN5O2.ClH/c1-20-15-34(25(14-31-20)16-33-9-10-37-18-21(33)2)17-27(36)35-19-29(3,4)28-26(35)12-23(13-32-28)11-22-5-7-24(30)8-6-22;/h5-8,12-13,20-21,25,31H,9-11,14-19H2,1-4H3;1H/t20-,21-,25-;/m1./s1. The third-order valence-corrected chi connectivity index (χ3v) is 8.05. The van der Waals surface area contributed by atoms with Crippen LogP contribution in [0.15, 0.2) is 36.5 Å². The second kappa shape index (κ2) is 12.0. The highest BCUT2D eigenvalue weighted by Crippen LogP contribution is 2.39. The first-order valence-electron chi connectivity index (χ1n) is 13.5. The van der Waals surface area contributed by atoms with Gasteiger partial charge in [0.1, 0.15) is 5.82 Å². The van der Waals surface area contributed by atoms with Gasteiger partial charge in [-0.2, -0.15) is 0 Å². The third-order valence-electron chi connectivity index (χ3n) is 8.05. The molecule has 3 atom stereocenters. The van der Waals surface area contributed by atoms with Gasteiger partial charge in [0, 0.05) is 62.5 Å². The lowest BCUT2D eigenvalue weighted by Crippen LogP contribution is -2.62. The average molecular weight is 546 g/mol. The van der Waals surface area contributed by atoms with Gasteiger partial charge in [-0.1, -0.05) is 26.0 Å². The number of amides is 1. The number of nitrogens with zero attached hydrogens (tertiary/aromatic N) is 4. The van der Waals surface area contributed by atoms with Crippen molar-refractivity contribution in [3.63, 3.8) is 0 Å². The third kappa shape index (κ3) is 6.37. The Kier molecular flexibility index (Phi) is 9.10. The van der Waals surface area contributed by atoms with E-state index >= 15 is 0 Å². The fourth-order valence-electron chi connectivity index (χ4n) is 5.90. The van der Waals surface area contributed by atoms with Gasteiger partial charge < -0.3 is 15.0 Å². The quantitative estimate of drug-likeness (QED) is 0.601. The van der Waals surface area contributed by atoms with E-state index in [2.05, 4.69) is 48.9 Å². The molecule has 1 aromatic heterocycles. The molecular formula is C29H41ClFN5O2.